The summed E-state index contributed by atoms with van der Waals surface area (Å²) in [6.07, 6.45) is 7.69. The van der Waals surface area contributed by atoms with Crippen LogP contribution in [0.5, 0.6) is 0 Å². The molecule has 2 fully saturated rings. The van der Waals surface area contributed by atoms with Gasteiger partial charge in [-0.05, 0) is 68.9 Å². The number of amides is 3. The fourth-order valence-electron chi connectivity index (χ4n) is 6.07. The number of hydrogen-bond donors (Lipinski definition) is 2. The van der Waals surface area contributed by atoms with Gasteiger partial charge in [0.25, 0.3) is 5.91 Å². The Balaban J connectivity index is 1.29. The quantitative estimate of drug-likeness (QED) is 0.398. The van der Waals surface area contributed by atoms with Gasteiger partial charge in [0.05, 0.1) is 5.56 Å². The minimum Gasteiger partial charge on any atom is -0.366 e. The molecule has 3 N–H and O–H groups in total. The van der Waals surface area contributed by atoms with Gasteiger partial charge in [-0.25, -0.2) is 15.0 Å². The van der Waals surface area contributed by atoms with E-state index >= 15 is 0 Å². The fourth-order valence-corrected chi connectivity index (χ4v) is 6.07. The highest BCUT2D eigenvalue weighted by Gasteiger charge is 2.51. The van der Waals surface area contributed by atoms with Crippen molar-refractivity contribution in [3.05, 3.63) is 72.1 Å². The van der Waals surface area contributed by atoms with E-state index in [1.807, 2.05) is 44.2 Å². The van der Waals surface area contributed by atoms with Crippen molar-refractivity contribution < 1.29 is 14.4 Å². The number of benzene rings is 1. The number of aryl methyl sites for hydroxylation is 2. The second-order valence-electron chi connectivity index (χ2n) is 10.4. The van der Waals surface area contributed by atoms with Crippen LogP contribution < -0.4 is 11.1 Å². The number of carbonyl (C=O) groups is 3. The van der Waals surface area contributed by atoms with Gasteiger partial charge in [0.15, 0.2) is 0 Å². The van der Waals surface area contributed by atoms with Crippen molar-refractivity contribution in [2.45, 2.75) is 51.7 Å². The van der Waals surface area contributed by atoms with E-state index < -0.39 is 11.9 Å². The first-order valence-corrected chi connectivity index (χ1v) is 13.1. The Morgan fingerprint density at radius 2 is 1.85 bits per heavy atom. The van der Waals surface area contributed by atoms with E-state index in [1.54, 1.807) is 34.1 Å². The molecule has 1 aliphatic carbocycles. The number of anilines is 1. The summed E-state index contributed by atoms with van der Waals surface area (Å²) in [4.78, 5) is 54.1. The number of likely N-dealkylation sites (tertiary alicyclic amines) is 1. The van der Waals surface area contributed by atoms with Crippen molar-refractivity contribution in [2.75, 3.05) is 5.32 Å². The van der Waals surface area contributed by atoms with Crippen LogP contribution in [0.15, 0.2) is 55.0 Å². The number of pyridine rings is 1. The number of aromatic nitrogens is 4. The zero-order valence-electron chi connectivity index (χ0n) is 21.8. The number of rotatable bonds is 6. The Labute approximate surface area is 225 Å². The number of primary amides is 1. The number of nitrogens with one attached hydrogen (secondary N) is 1. The van der Waals surface area contributed by atoms with Crippen LogP contribution in [-0.2, 0) is 16.1 Å². The minimum absolute atomic E-state index is 0.00748. The van der Waals surface area contributed by atoms with Gasteiger partial charge in [-0.3, -0.25) is 14.4 Å². The van der Waals surface area contributed by atoms with Gasteiger partial charge in [0.2, 0.25) is 11.8 Å². The monoisotopic (exact) mass is 523 g/mol. The topological polar surface area (TPSA) is 136 Å². The molecule has 1 aliphatic heterocycles. The first-order valence-electron chi connectivity index (χ1n) is 13.1. The van der Waals surface area contributed by atoms with E-state index in [2.05, 4.69) is 20.3 Å². The third-order valence-electron chi connectivity index (χ3n) is 7.85. The lowest BCUT2D eigenvalue weighted by atomic mass is 9.97. The Hall–Kier alpha value is -4.60. The molecule has 0 unspecified atom stereocenters. The second kappa shape index (κ2) is 9.61. The van der Waals surface area contributed by atoms with E-state index in [0.717, 1.165) is 36.1 Å². The van der Waals surface area contributed by atoms with E-state index in [0.29, 0.717) is 28.1 Å². The van der Waals surface area contributed by atoms with Crippen molar-refractivity contribution in [3.8, 4) is 11.1 Å². The Morgan fingerprint density at radius 3 is 2.59 bits per heavy atom. The van der Waals surface area contributed by atoms with Crippen molar-refractivity contribution in [2.24, 2.45) is 11.7 Å². The third-order valence-corrected chi connectivity index (χ3v) is 7.85. The Bertz CT molecular complexity index is 1610. The number of nitrogens with zero attached hydrogens (tertiary/aromatic N) is 5. The van der Waals surface area contributed by atoms with Gasteiger partial charge in [-0.15, -0.1) is 0 Å². The standard InChI is InChI=1S/C29H29N7O3/c1-16-4-3-5-25(33-16)34-29(39)27-19-6-8-21(10-19)36(27)26(37)15-35-14-23(28(30)38)22-11-18(7-9-24(22)35)20-12-31-17(2)32-13-20/h3-5,7,9,11-14,19,21,27H,6,8,10,15H2,1-2H3,(H2,30,38)(H,33,34,39)/t19-,21+,27-/m0/s1. The summed E-state index contributed by atoms with van der Waals surface area (Å²) in [7, 11) is 0. The molecule has 4 heterocycles. The van der Waals surface area contributed by atoms with Crippen LogP contribution >= 0.6 is 0 Å². The average Bonchev–Trinajstić information content (AvgIpc) is 3.62. The predicted octanol–water partition coefficient (Wildman–Crippen LogP) is 3.23. The number of carbonyl (C=O) groups excluding carboxylic acids is 3. The number of piperidine rings is 1. The summed E-state index contributed by atoms with van der Waals surface area (Å²) in [6, 6.07) is 10.6. The Kier molecular flexibility index (Phi) is 6.09. The van der Waals surface area contributed by atoms with Crippen LogP contribution in [-0.4, -0.2) is 54.2 Å². The van der Waals surface area contributed by atoms with Crippen LogP contribution in [0.2, 0.25) is 0 Å². The molecular formula is C29H29N7O3. The highest BCUT2D eigenvalue weighted by molar-refractivity contribution is 6.07. The molecule has 1 aromatic carbocycles. The van der Waals surface area contributed by atoms with Gasteiger partial charge in [0.1, 0.15) is 24.2 Å². The van der Waals surface area contributed by atoms with Crippen molar-refractivity contribution in [3.63, 3.8) is 0 Å². The summed E-state index contributed by atoms with van der Waals surface area (Å²) in [5.74, 6) is 0.307. The van der Waals surface area contributed by atoms with E-state index in [9.17, 15) is 14.4 Å². The smallest absolute Gasteiger partial charge is 0.250 e. The molecule has 0 radical (unpaired) electrons. The van der Waals surface area contributed by atoms with E-state index in [-0.39, 0.29) is 30.3 Å². The summed E-state index contributed by atoms with van der Waals surface area (Å²) < 4.78 is 1.75. The lowest BCUT2D eigenvalue weighted by molar-refractivity contribution is -0.141. The molecule has 0 spiro atoms. The highest BCUT2D eigenvalue weighted by Crippen LogP contribution is 2.43. The molecule has 1 saturated carbocycles. The maximum absolute atomic E-state index is 13.7. The molecule has 1 saturated heterocycles. The zero-order chi connectivity index (χ0) is 27.3. The highest BCUT2D eigenvalue weighted by atomic mass is 16.2. The van der Waals surface area contributed by atoms with Crippen LogP contribution in [0.25, 0.3) is 22.0 Å². The summed E-state index contributed by atoms with van der Waals surface area (Å²) in [6.45, 7) is 3.67. The summed E-state index contributed by atoms with van der Waals surface area (Å²) >= 11 is 0. The van der Waals surface area contributed by atoms with Crippen LogP contribution in [0, 0.1) is 19.8 Å². The first-order chi connectivity index (χ1) is 18.8. The molecular weight excluding hydrogens is 494 g/mol. The van der Waals surface area contributed by atoms with Gasteiger partial charge in [-0.1, -0.05) is 12.1 Å². The lowest BCUT2D eigenvalue weighted by Gasteiger charge is -2.34. The van der Waals surface area contributed by atoms with Gasteiger partial charge in [-0.2, -0.15) is 0 Å². The van der Waals surface area contributed by atoms with E-state index in [4.69, 9.17) is 5.73 Å². The second-order valence-corrected chi connectivity index (χ2v) is 10.4. The predicted molar refractivity (Wildman–Crippen MR) is 146 cm³/mol. The van der Waals surface area contributed by atoms with Crippen LogP contribution in [0.4, 0.5) is 5.82 Å². The molecule has 3 atom stereocenters. The molecule has 3 amide bonds. The number of hydrogen-bond acceptors (Lipinski definition) is 6. The molecule has 2 bridgehead atoms. The molecule has 6 rings (SSSR count). The molecule has 3 aromatic heterocycles. The molecule has 10 nitrogen and oxygen atoms in total. The fraction of sp³-hybridized carbons (Fsp3) is 0.310. The lowest BCUT2D eigenvalue weighted by Crippen LogP contribution is -2.51. The number of nitrogens with two attached hydrogens (primary N) is 1. The third kappa shape index (κ3) is 4.52. The van der Waals surface area contributed by atoms with E-state index in [1.165, 1.54) is 0 Å². The van der Waals surface area contributed by atoms with Crippen molar-refractivity contribution in [1.82, 2.24) is 24.4 Å². The molecule has 2 aliphatic rings. The van der Waals surface area contributed by atoms with Crippen LogP contribution in [0.3, 0.4) is 0 Å². The maximum Gasteiger partial charge on any atom is 0.250 e. The zero-order valence-corrected chi connectivity index (χ0v) is 21.8. The van der Waals surface area contributed by atoms with Gasteiger partial charge >= 0.3 is 0 Å². The SMILES string of the molecule is Cc1cccc(NC(=O)[C@@H]2[C@H]3CC[C@H](C3)N2C(=O)Cn2cc(C(N)=O)c3cc(-c4cnc(C)nc4)ccc32)n1. The largest absolute Gasteiger partial charge is 0.366 e. The molecule has 10 heteroatoms. The van der Waals surface area contributed by atoms with Gasteiger partial charge < -0.3 is 20.5 Å². The Morgan fingerprint density at radius 1 is 1.05 bits per heavy atom. The molecule has 198 valence electrons. The molecule has 4 aromatic rings. The number of fused-ring (bicyclic) bond motifs is 3. The van der Waals surface area contributed by atoms with Crippen LogP contribution in [0.1, 0.15) is 41.1 Å². The minimum atomic E-state index is -0.577. The average molecular weight is 524 g/mol. The summed E-state index contributed by atoms with van der Waals surface area (Å²) in [5, 5.41) is 3.56. The first kappa shape index (κ1) is 24.7. The van der Waals surface area contributed by atoms with Crippen molar-refractivity contribution >= 4 is 34.4 Å². The molecule has 39 heavy (non-hydrogen) atoms. The maximum atomic E-state index is 13.7. The van der Waals surface area contributed by atoms with Crippen molar-refractivity contribution in [1.29, 1.82) is 0 Å². The normalized spacial score (nSPS) is 19.9. The summed E-state index contributed by atoms with van der Waals surface area (Å²) in [5.41, 5.74) is 9.21. The van der Waals surface area contributed by atoms with Gasteiger partial charge in [0, 0.05) is 46.8 Å².